The predicted molar refractivity (Wildman–Crippen MR) is 31.7 cm³/mol. The number of hydrogen-bond acceptors (Lipinski definition) is 2. The summed E-state index contributed by atoms with van der Waals surface area (Å²) in [4.78, 5) is 9.91. The summed E-state index contributed by atoms with van der Waals surface area (Å²) in [6.45, 7) is 4.80. The molecule has 0 aliphatic heterocycles. The number of carboxylic acids is 1. The van der Waals surface area contributed by atoms with Gasteiger partial charge in [0, 0.05) is 11.4 Å². The Kier molecular flexibility index (Phi) is 3.90. The zero-order valence-electron chi connectivity index (χ0n) is 5.22. The summed E-state index contributed by atoms with van der Waals surface area (Å²) in [5.74, 6) is -1.01. The summed E-state index contributed by atoms with van der Waals surface area (Å²) in [6, 6.07) is 0. The number of carboxylic acid groups (broad SMARTS) is 1. The first-order valence-electron chi connectivity index (χ1n) is 2.16. The highest BCUT2D eigenvalue weighted by atomic mass is 35.5. The van der Waals surface area contributed by atoms with Gasteiger partial charge in [-0.05, 0) is 0 Å². The highest BCUT2D eigenvalue weighted by molar-refractivity contribution is 5.85. The van der Waals surface area contributed by atoms with Crippen molar-refractivity contribution in [1.82, 2.24) is 0 Å². The third-order valence-electron chi connectivity index (χ3n) is 0.612. The van der Waals surface area contributed by atoms with Crippen molar-refractivity contribution in [3.8, 4) is 0 Å². The minimum atomic E-state index is -1.01. The average Bonchev–Trinajstić information content (AvgIpc) is 1.31. The lowest BCUT2D eigenvalue weighted by atomic mass is 9.98. The van der Waals surface area contributed by atoms with E-state index in [0.29, 0.717) is 0 Å². The quantitative estimate of drug-likeness (QED) is 0.479. The van der Waals surface area contributed by atoms with Gasteiger partial charge in [0.2, 0.25) is 0 Å². The normalized spacial score (nSPS) is 9.88. The van der Waals surface area contributed by atoms with Crippen molar-refractivity contribution in [3.05, 3.63) is 0 Å². The molecular weight excluding hydrogens is 128 g/mol. The molecule has 0 N–H and O–H groups in total. The van der Waals surface area contributed by atoms with Gasteiger partial charge in [0.15, 0.2) is 0 Å². The summed E-state index contributed by atoms with van der Waals surface area (Å²) in [5, 5.41) is 9.91. The molecule has 0 atom stereocenters. The summed E-state index contributed by atoms with van der Waals surface area (Å²) >= 11 is 0. The Balaban J connectivity index is 0. The van der Waals surface area contributed by atoms with Crippen LogP contribution in [0.1, 0.15) is 20.8 Å². The Morgan fingerprint density at radius 3 is 1.50 bits per heavy atom. The molecule has 3 heteroatoms. The van der Waals surface area contributed by atoms with Gasteiger partial charge in [-0.3, -0.25) is 0 Å². The molecular formula is C5H10ClO2-. The molecule has 0 aliphatic rings. The van der Waals surface area contributed by atoms with Gasteiger partial charge in [0.05, 0.1) is 0 Å². The fourth-order valence-electron chi connectivity index (χ4n) is 0. The van der Waals surface area contributed by atoms with Crippen molar-refractivity contribution in [2.45, 2.75) is 20.8 Å². The van der Waals surface area contributed by atoms with Crippen molar-refractivity contribution in [1.29, 1.82) is 0 Å². The summed E-state index contributed by atoms with van der Waals surface area (Å²) in [6.07, 6.45) is 0. The summed E-state index contributed by atoms with van der Waals surface area (Å²) in [7, 11) is 0. The van der Waals surface area contributed by atoms with Crippen molar-refractivity contribution >= 4 is 18.4 Å². The maximum atomic E-state index is 9.91. The Morgan fingerprint density at radius 1 is 1.38 bits per heavy atom. The first-order valence-corrected chi connectivity index (χ1v) is 2.16. The van der Waals surface area contributed by atoms with Gasteiger partial charge >= 0.3 is 0 Å². The predicted octanol–water partition coefficient (Wildman–Crippen LogP) is 0.204. The maximum absolute atomic E-state index is 9.91. The zero-order chi connectivity index (χ0) is 6.08. The molecule has 0 bridgehead atoms. The third kappa shape index (κ3) is 3.93. The van der Waals surface area contributed by atoms with E-state index in [0.717, 1.165) is 0 Å². The van der Waals surface area contributed by atoms with E-state index in [9.17, 15) is 9.90 Å². The van der Waals surface area contributed by atoms with E-state index in [1.165, 1.54) is 0 Å². The van der Waals surface area contributed by atoms with Crippen molar-refractivity contribution in [2.75, 3.05) is 0 Å². The van der Waals surface area contributed by atoms with E-state index in [2.05, 4.69) is 0 Å². The third-order valence-corrected chi connectivity index (χ3v) is 0.612. The zero-order valence-corrected chi connectivity index (χ0v) is 6.04. The van der Waals surface area contributed by atoms with Gasteiger partial charge in [-0.15, -0.1) is 12.4 Å². The first kappa shape index (κ1) is 10.7. The number of aliphatic carboxylic acids is 1. The fraction of sp³-hybridized carbons (Fsp3) is 0.800. The number of carbonyl (C=O) groups is 1. The van der Waals surface area contributed by atoms with Crippen LogP contribution < -0.4 is 5.11 Å². The lowest BCUT2D eigenvalue weighted by Gasteiger charge is -2.18. The van der Waals surface area contributed by atoms with Gasteiger partial charge in [-0.1, -0.05) is 20.8 Å². The maximum Gasteiger partial charge on any atom is 0.0467 e. The number of hydrogen-bond donors (Lipinski definition) is 0. The van der Waals surface area contributed by atoms with Crippen LogP contribution in [0.4, 0.5) is 0 Å². The van der Waals surface area contributed by atoms with Crippen LogP contribution in [-0.4, -0.2) is 5.97 Å². The van der Waals surface area contributed by atoms with Gasteiger partial charge in [0.25, 0.3) is 0 Å². The van der Waals surface area contributed by atoms with Gasteiger partial charge in [-0.2, -0.15) is 0 Å². The molecule has 0 saturated heterocycles. The largest absolute Gasteiger partial charge is 0.550 e. The number of carbonyl (C=O) groups excluding carboxylic acids is 1. The lowest BCUT2D eigenvalue weighted by molar-refractivity contribution is -0.316. The molecule has 0 rings (SSSR count). The topological polar surface area (TPSA) is 40.1 Å². The van der Waals surface area contributed by atoms with E-state index in [1.807, 2.05) is 0 Å². The SMILES string of the molecule is CC(C)(C)C(=O)[O-].Cl. The van der Waals surface area contributed by atoms with Crippen LogP contribution in [0.3, 0.4) is 0 Å². The van der Waals surface area contributed by atoms with E-state index in [4.69, 9.17) is 0 Å². The molecule has 0 aliphatic carbocycles. The molecule has 8 heavy (non-hydrogen) atoms. The molecule has 0 amide bonds. The minimum Gasteiger partial charge on any atom is -0.550 e. The van der Waals surface area contributed by atoms with Crippen LogP contribution in [0.5, 0.6) is 0 Å². The standard InChI is InChI=1S/C5H10O2.ClH/c1-5(2,3)4(6)7;/h1-3H3,(H,6,7);1H/p-1. The molecule has 0 spiro atoms. The van der Waals surface area contributed by atoms with E-state index < -0.39 is 11.4 Å². The smallest absolute Gasteiger partial charge is 0.0467 e. The van der Waals surface area contributed by atoms with Gasteiger partial charge in [0.1, 0.15) is 0 Å². The minimum absolute atomic E-state index is 0. The van der Waals surface area contributed by atoms with Crippen LogP contribution in [-0.2, 0) is 4.79 Å². The van der Waals surface area contributed by atoms with Crippen molar-refractivity contribution < 1.29 is 9.90 Å². The Hall–Kier alpha value is -0.240. The fourth-order valence-corrected chi connectivity index (χ4v) is 0. The Labute approximate surface area is 55.3 Å². The van der Waals surface area contributed by atoms with E-state index in [-0.39, 0.29) is 12.4 Å². The Bertz CT molecular complexity index is 82.9. The average molecular weight is 138 g/mol. The van der Waals surface area contributed by atoms with Crippen LogP contribution in [0.15, 0.2) is 0 Å². The van der Waals surface area contributed by atoms with Gasteiger partial charge < -0.3 is 9.90 Å². The second-order valence-corrected chi connectivity index (χ2v) is 2.54. The molecule has 0 aromatic rings. The number of halogens is 1. The molecule has 0 radical (unpaired) electrons. The molecule has 0 unspecified atom stereocenters. The molecule has 0 aromatic heterocycles. The highest BCUT2D eigenvalue weighted by Gasteiger charge is 2.09. The van der Waals surface area contributed by atoms with Crippen LogP contribution in [0.25, 0.3) is 0 Å². The molecule has 0 heterocycles. The monoisotopic (exact) mass is 137 g/mol. The Morgan fingerprint density at radius 2 is 1.50 bits per heavy atom. The van der Waals surface area contributed by atoms with Crippen molar-refractivity contribution in [2.24, 2.45) is 5.41 Å². The summed E-state index contributed by atoms with van der Waals surface area (Å²) in [5.41, 5.74) is -0.694. The molecule has 0 saturated carbocycles. The highest BCUT2D eigenvalue weighted by Crippen LogP contribution is 2.09. The molecule has 0 fully saturated rings. The lowest BCUT2D eigenvalue weighted by Crippen LogP contribution is -2.35. The first-order chi connectivity index (χ1) is 2.94. The van der Waals surface area contributed by atoms with E-state index >= 15 is 0 Å². The van der Waals surface area contributed by atoms with Crippen LogP contribution in [0.2, 0.25) is 0 Å². The van der Waals surface area contributed by atoms with E-state index in [1.54, 1.807) is 20.8 Å². The second-order valence-electron chi connectivity index (χ2n) is 2.54. The van der Waals surface area contributed by atoms with Gasteiger partial charge in [-0.25, -0.2) is 0 Å². The molecule has 0 aromatic carbocycles. The molecule has 50 valence electrons. The number of rotatable bonds is 0. The van der Waals surface area contributed by atoms with Crippen LogP contribution in [0, 0.1) is 5.41 Å². The second kappa shape index (κ2) is 2.92. The van der Waals surface area contributed by atoms with Crippen LogP contribution >= 0.6 is 12.4 Å². The summed E-state index contributed by atoms with van der Waals surface area (Å²) < 4.78 is 0. The molecule has 2 nitrogen and oxygen atoms in total. The van der Waals surface area contributed by atoms with Crippen molar-refractivity contribution in [3.63, 3.8) is 0 Å².